The molecule has 1 saturated carbocycles. The summed E-state index contributed by atoms with van der Waals surface area (Å²) in [5, 5.41) is 9.03. The molecular formula is C17H18Cl3N3O. The second-order valence-corrected chi connectivity index (χ2v) is 7.24. The van der Waals surface area contributed by atoms with Crippen LogP contribution in [0, 0.1) is 0 Å². The molecule has 2 atom stereocenters. The largest absolute Gasteiger partial charge is 0.347 e. The molecule has 0 bridgehead atoms. The molecule has 1 aliphatic carbocycles. The fourth-order valence-corrected chi connectivity index (χ4v) is 4.04. The molecule has 24 heavy (non-hydrogen) atoms. The first kappa shape index (κ1) is 17.6. The van der Waals surface area contributed by atoms with Crippen LogP contribution in [0.15, 0.2) is 18.2 Å². The Morgan fingerprint density at radius 3 is 2.62 bits per heavy atom. The molecule has 7 heteroatoms. The van der Waals surface area contributed by atoms with Gasteiger partial charge in [0, 0.05) is 29.1 Å². The van der Waals surface area contributed by atoms with Crippen LogP contribution in [0.1, 0.15) is 47.4 Å². The minimum atomic E-state index is -0.200. The standard InChI is InChI=1S/C17H18Cl3N3O/c1-3-13-15(20)16(23(2)22-13)17(24)21-14-7-6-11(14)10-5-4-9(18)8-12(10)19/h4-5,8,11,14H,3,6-7H2,1-2H3,(H,21,24)/t11-,14-/m0/s1. The van der Waals surface area contributed by atoms with Gasteiger partial charge in [-0.3, -0.25) is 9.48 Å². The molecule has 4 nitrogen and oxygen atoms in total. The molecule has 1 heterocycles. The zero-order valence-corrected chi connectivity index (χ0v) is 15.7. The Bertz CT molecular complexity index is 788. The van der Waals surface area contributed by atoms with Crippen LogP contribution in [0.25, 0.3) is 0 Å². The van der Waals surface area contributed by atoms with Gasteiger partial charge in [0.05, 0.1) is 10.7 Å². The van der Waals surface area contributed by atoms with Gasteiger partial charge in [-0.15, -0.1) is 0 Å². The Labute approximate surface area is 156 Å². The van der Waals surface area contributed by atoms with E-state index < -0.39 is 0 Å². The molecule has 0 unspecified atom stereocenters. The van der Waals surface area contributed by atoms with Crippen molar-refractivity contribution in [3.05, 3.63) is 50.2 Å². The first-order valence-corrected chi connectivity index (χ1v) is 9.03. The molecule has 1 aromatic carbocycles. The van der Waals surface area contributed by atoms with Crippen LogP contribution in [0.3, 0.4) is 0 Å². The topological polar surface area (TPSA) is 46.9 Å². The number of aryl methyl sites for hydroxylation is 2. The van der Waals surface area contributed by atoms with Crippen molar-refractivity contribution in [2.75, 3.05) is 0 Å². The maximum Gasteiger partial charge on any atom is 0.271 e. The van der Waals surface area contributed by atoms with Crippen molar-refractivity contribution >= 4 is 40.7 Å². The first-order chi connectivity index (χ1) is 11.4. The van der Waals surface area contributed by atoms with Gasteiger partial charge in [-0.25, -0.2) is 0 Å². The average Bonchev–Trinajstić information content (AvgIpc) is 2.80. The van der Waals surface area contributed by atoms with Gasteiger partial charge in [-0.05, 0) is 37.0 Å². The van der Waals surface area contributed by atoms with E-state index in [2.05, 4.69) is 10.4 Å². The molecule has 0 spiro atoms. The summed E-state index contributed by atoms with van der Waals surface area (Å²) in [6.07, 6.45) is 2.57. The summed E-state index contributed by atoms with van der Waals surface area (Å²) in [5.41, 5.74) is 2.15. The normalized spacial score (nSPS) is 19.9. The lowest BCUT2D eigenvalue weighted by molar-refractivity contribution is 0.0895. The SMILES string of the molecule is CCc1nn(C)c(C(=O)N[C@H]2CC[C@H]2c2ccc(Cl)cc2Cl)c1Cl. The van der Waals surface area contributed by atoms with Crippen LogP contribution in [0.2, 0.25) is 15.1 Å². The van der Waals surface area contributed by atoms with Crippen LogP contribution in [0.4, 0.5) is 0 Å². The Hall–Kier alpha value is -1.23. The minimum absolute atomic E-state index is 0.0345. The van der Waals surface area contributed by atoms with Gasteiger partial charge < -0.3 is 5.32 Å². The zero-order valence-electron chi connectivity index (χ0n) is 13.4. The molecule has 1 aromatic heterocycles. The van der Waals surface area contributed by atoms with Gasteiger partial charge in [-0.2, -0.15) is 5.10 Å². The van der Waals surface area contributed by atoms with Crippen molar-refractivity contribution in [3.63, 3.8) is 0 Å². The zero-order chi connectivity index (χ0) is 17.4. The van der Waals surface area contributed by atoms with Gasteiger partial charge in [0.15, 0.2) is 0 Å². The van der Waals surface area contributed by atoms with Crippen molar-refractivity contribution in [1.29, 1.82) is 0 Å². The first-order valence-electron chi connectivity index (χ1n) is 7.89. The quantitative estimate of drug-likeness (QED) is 0.833. The highest BCUT2D eigenvalue weighted by Crippen LogP contribution is 2.41. The van der Waals surface area contributed by atoms with Gasteiger partial charge >= 0.3 is 0 Å². The van der Waals surface area contributed by atoms with E-state index in [0.29, 0.717) is 27.2 Å². The summed E-state index contributed by atoms with van der Waals surface area (Å²) < 4.78 is 1.54. The number of halogens is 3. The fourth-order valence-electron chi connectivity index (χ4n) is 3.11. The smallest absolute Gasteiger partial charge is 0.271 e. The third-order valence-electron chi connectivity index (χ3n) is 4.56. The molecule has 1 N–H and O–H groups in total. The van der Waals surface area contributed by atoms with Gasteiger partial charge in [0.2, 0.25) is 0 Å². The van der Waals surface area contributed by atoms with Crippen molar-refractivity contribution < 1.29 is 4.79 Å². The number of benzene rings is 1. The van der Waals surface area contributed by atoms with E-state index in [1.165, 1.54) is 0 Å². The molecule has 1 fully saturated rings. The number of nitrogens with zero attached hydrogens (tertiary/aromatic N) is 2. The van der Waals surface area contributed by atoms with Crippen molar-refractivity contribution in [1.82, 2.24) is 15.1 Å². The highest BCUT2D eigenvalue weighted by molar-refractivity contribution is 6.35. The van der Waals surface area contributed by atoms with Crippen LogP contribution < -0.4 is 5.32 Å². The number of nitrogens with one attached hydrogen (secondary N) is 1. The lowest BCUT2D eigenvalue weighted by Crippen LogP contribution is -2.46. The monoisotopic (exact) mass is 385 g/mol. The summed E-state index contributed by atoms with van der Waals surface area (Å²) in [7, 11) is 1.73. The van der Waals surface area contributed by atoms with E-state index in [1.807, 2.05) is 19.1 Å². The molecule has 1 amide bonds. The molecular weight excluding hydrogens is 369 g/mol. The second-order valence-electron chi connectivity index (χ2n) is 6.02. The number of carbonyl (C=O) groups excluding carboxylic acids is 1. The van der Waals surface area contributed by atoms with Crippen LogP contribution >= 0.6 is 34.8 Å². The van der Waals surface area contributed by atoms with Crippen LogP contribution in [-0.2, 0) is 13.5 Å². The number of hydrogen-bond donors (Lipinski definition) is 1. The summed E-state index contributed by atoms with van der Waals surface area (Å²) in [4.78, 5) is 12.6. The molecule has 1 aliphatic rings. The molecule has 2 aromatic rings. The predicted molar refractivity (Wildman–Crippen MR) is 97.3 cm³/mol. The Morgan fingerprint density at radius 1 is 1.33 bits per heavy atom. The third kappa shape index (κ3) is 3.15. The second kappa shape index (κ2) is 6.95. The highest BCUT2D eigenvalue weighted by atomic mass is 35.5. The highest BCUT2D eigenvalue weighted by Gasteiger charge is 2.35. The summed E-state index contributed by atoms with van der Waals surface area (Å²) in [6.45, 7) is 1.96. The number of hydrogen-bond acceptors (Lipinski definition) is 2. The molecule has 3 rings (SSSR count). The van der Waals surface area contributed by atoms with Crippen molar-refractivity contribution in [2.24, 2.45) is 7.05 Å². The summed E-state index contributed by atoms with van der Waals surface area (Å²) in [5.74, 6) is -0.00847. The predicted octanol–water partition coefficient (Wildman–Crippen LogP) is 4.62. The van der Waals surface area contributed by atoms with E-state index in [0.717, 1.165) is 24.1 Å². The maximum absolute atomic E-state index is 12.6. The van der Waals surface area contributed by atoms with Crippen molar-refractivity contribution in [2.45, 2.75) is 38.1 Å². The Balaban J connectivity index is 1.77. The fraction of sp³-hybridized carbons (Fsp3) is 0.412. The van der Waals surface area contributed by atoms with Crippen LogP contribution in [0.5, 0.6) is 0 Å². The lowest BCUT2D eigenvalue weighted by atomic mass is 9.75. The maximum atomic E-state index is 12.6. The third-order valence-corrected chi connectivity index (χ3v) is 5.52. The Kier molecular flexibility index (Phi) is 5.09. The summed E-state index contributed by atoms with van der Waals surface area (Å²) >= 11 is 18.5. The number of amides is 1. The van der Waals surface area contributed by atoms with Gasteiger partial charge in [0.1, 0.15) is 5.69 Å². The van der Waals surface area contributed by atoms with E-state index in [-0.39, 0.29) is 17.9 Å². The van der Waals surface area contributed by atoms with Gasteiger partial charge in [0.25, 0.3) is 5.91 Å². The Morgan fingerprint density at radius 2 is 2.08 bits per heavy atom. The molecule has 0 aliphatic heterocycles. The van der Waals surface area contributed by atoms with E-state index in [1.54, 1.807) is 17.8 Å². The molecule has 128 valence electrons. The van der Waals surface area contributed by atoms with Gasteiger partial charge in [-0.1, -0.05) is 47.8 Å². The van der Waals surface area contributed by atoms with Crippen molar-refractivity contribution in [3.8, 4) is 0 Å². The number of aromatic nitrogens is 2. The average molecular weight is 387 g/mol. The molecule has 0 radical (unpaired) electrons. The number of rotatable bonds is 4. The minimum Gasteiger partial charge on any atom is -0.347 e. The van der Waals surface area contributed by atoms with E-state index >= 15 is 0 Å². The lowest BCUT2D eigenvalue weighted by Gasteiger charge is -2.38. The number of carbonyl (C=O) groups is 1. The van der Waals surface area contributed by atoms with E-state index in [9.17, 15) is 4.79 Å². The van der Waals surface area contributed by atoms with Crippen LogP contribution in [-0.4, -0.2) is 21.7 Å². The van der Waals surface area contributed by atoms with E-state index in [4.69, 9.17) is 34.8 Å². The summed E-state index contributed by atoms with van der Waals surface area (Å²) in [6, 6.07) is 5.53. The molecule has 0 saturated heterocycles.